The number of fused-ring (bicyclic) bond motifs is 1. The van der Waals surface area contributed by atoms with Gasteiger partial charge >= 0.3 is 5.97 Å². The number of hydrogen-bond acceptors (Lipinski definition) is 4. The number of carbonyl (C=O) groups is 3. The summed E-state index contributed by atoms with van der Waals surface area (Å²) in [6, 6.07) is 18.5. The molecule has 3 aromatic carbocycles. The van der Waals surface area contributed by atoms with Crippen LogP contribution in [0.2, 0.25) is 5.02 Å². The quantitative estimate of drug-likeness (QED) is 0.605. The molecule has 0 spiro atoms. The highest BCUT2D eigenvalue weighted by atomic mass is 35.5. The van der Waals surface area contributed by atoms with Gasteiger partial charge in [0, 0.05) is 21.7 Å². The second kappa shape index (κ2) is 9.21. The first-order valence-electron chi connectivity index (χ1n) is 8.95. The van der Waals surface area contributed by atoms with Crippen LogP contribution in [-0.2, 0) is 14.3 Å². The highest BCUT2D eigenvalue weighted by molar-refractivity contribution is 6.30. The van der Waals surface area contributed by atoms with Gasteiger partial charge in [-0.25, -0.2) is 4.79 Å². The predicted molar refractivity (Wildman–Crippen MR) is 112 cm³/mol. The van der Waals surface area contributed by atoms with Crippen molar-refractivity contribution in [1.82, 2.24) is 5.32 Å². The molecule has 148 valence electrons. The number of halogens is 1. The van der Waals surface area contributed by atoms with Crippen molar-refractivity contribution in [2.45, 2.75) is 13.0 Å². The second-order valence-corrected chi connectivity index (χ2v) is 6.82. The lowest BCUT2D eigenvalue weighted by Crippen LogP contribution is -2.40. The van der Waals surface area contributed by atoms with Crippen LogP contribution in [0.25, 0.3) is 10.8 Å². The number of rotatable bonds is 6. The number of ether oxygens (including phenoxy) is 1. The zero-order valence-electron chi connectivity index (χ0n) is 15.6. The minimum atomic E-state index is -0.913. The van der Waals surface area contributed by atoms with Crippen LogP contribution in [0, 0.1) is 0 Å². The van der Waals surface area contributed by atoms with Gasteiger partial charge in [-0.15, -0.1) is 0 Å². The van der Waals surface area contributed by atoms with E-state index in [9.17, 15) is 14.4 Å². The van der Waals surface area contributed by atoms with Crippen molar-refractivity contribution >= 4 is 45.8 Å². The summed E-state index contributed by atoms with van der Waals surface area (Å²) < 4.78 is 5.02. The predicted octanol–water partition coefficient (Wildman–Crippen LogP) is 3.79. The summed E-state index contributed by atoms with van der Waals surface area (Å²) in [7, 11) is 0. The highest BCUT2D eigenvalue weighted by Crippen LogP contribution is 2.22. The topological polar surface area (TPSA) is 84.5 Å². The van der Waals surface area contributed by atoms with Gasteiger partial charge in [0.15, 0.2) is 6.61 Å². The number of anilines is 1. The maximum atomic E-state index is 12.2. The van der Waals surface area contributed by atoms with Gasteiger partial charge in [-0.2, -0.15) is 0 Å². The van der Waals surface area contributed by atoms with Gasteiger partial charge in [0.2, 0.25) is 0 Å². The fourth-order valence-corrected chi connectivity index (χ4v) is 2.85. The van der Waals surface area contributed by atoms with Crippen LogP contribution in [0.3, 0.4) is 0 Å². The molecule has 2 amide bonds. The first-order valence-corrected chi connectivity index (χ1v) is 9.32. The fraction of sp³-hybridized carbons (Fsp3) is 0.136. The number of carbonyl (C=O) groups excluding carboxylic acids is 3. The van der Waals surface area contributed by atoms with Crippen molar-refractivity contribution < 1.29 is 19.1 Å². The molecule has 7 heteroatoms. The van der Waals surface area contributed by atoms with Crippen LogP contribution >= 0.6 is 11.6 Å². The Bertz CT molecular complexity index is 1040. The molecule has 0 heterocycles. The van der Waals surface area contributed by atoms with E-state index in [0.717, 1.165) is 10.8 Å². The van der Waals surface area contributed by atoms with Crippen LogP contribution in [0.1, 0.15) is 17.3 Å². The lowest BCUT2D eigenvalue weighted by Gasteiger charge is -2.14. The van der Waals surface area contributed by atoms with Crippen LogP contribution in [0.4, 0.5) is 5.69 Å². The largest absolute Gasteiger partial charge is 0.454 e. The molecular formula is C22H19ClN2O4. The van der Waals surface area contributed by atoms with E-state index in [-0.39, 0.29) is 0 Å². The zero-order chi connectivity index (χ0) is 20.8. The molecule has 0 aliphatic carbocycles. The Morgan fingerprint density at radius 1 is 0.966 bits per heavy atom. The zero-order valence-corrected chi connectivity index (χ0v) is 16.4. The van der Waals surface area contributed by atoms with E-state index in [1.807, 2.05) is 36.4 Å². The van der Waals surface area contributed by atoms with Crippen molar-refractivity contribution in [3.8, 4) is 0 Å². The normalized spacial score (nSPS) is 11.5. The summed E-state index contributed by atoms with van der Waals surface area (Å²) in [5.41, 5.74) is 0.996. The molecule has 0 bridgehead atoms. The van der Waals surface area contributed by atoms with E-state index < -0.39 is 30.4 Å². The lowest BCUT2D eigenvalue weighted by atomic mass is 10.1. The van der Waals surface area contributed by atoms with E-state index in [1.54, 1.807) is 30.3 Å². The molecule has 6 nitrogen and oxygen atoms in total. The van der Waals surface area contributed by atoms with Gasteiger partial charge in [0.05, 0.1) is 0 Å². The van der Waals surface area contributed by atoms with E-state index in [4.69, 9.17) is 16.3 Å². The number of nitrogens with one attached hydrogen (secondary N) is 2. The highest BCUT2D eigenvalue weighted by Gasteiger charge is 2.19. The average Bonchev–Trinajstić information content (AvgIpc) is 2.72. The first kappa shape index (κ1) is 20.4. The molecule has 0 aliphatic heterocycles. The third-order valence-corrected chi connectivity index (χ3v) is 4.47. The first-order chi connectivity index (χ1) is 13.9. The molecule has 0 fully saturated rings. The maximum absolute atomic E-state index is 12.2. The molecule has 29 heavy (non-hydrogen) atoms. The summed E-state index contributed by atoms with van der Waals surface area (Å²) in [6.45, 7) is 1.03. The molecule has 0 aromatic heterocycles. The Hall–Kier alpha value is -3.38. The Morgan fingerprint density at radius 3 is 2.41 bits per heavy atom. The summed E-state index contributed by atoms with van der Waals surface area (Å²) in [5.74, 6) is -1.61. The third kappa shape index (κ3) is 5.33. The van der Waals surface area contributed by atoms with Gasteiger partial charge in [0.25, 0.3) is 11.8 Å². The van der Waals surface area contributed by atoms with Crippen molar-refractivity contribution in [3.63, 3.8) is 0 Å². The smallest absolute Gasteiger partial charge is 0.328 e. The molecule has 0 saturated heterocycles. The molecule has 0 unspecified atom stereocenters. The van der Waals surface area contributed by atoms with Crippen molar-refractivity contribution in [3.05, 3.63) is 77.3 Å². The average molecular weight is 411 g/mol. The summed E-state index contributed by atoms with van der Waals surface area (Å²) in [6.07, 6.45) is 0. The molecule has 3 aromatic rings. The summed E-state index contributed by atoms with van der Waals surface area (Å²) in [4.78, 5) is 36.4. The molecular weight excluding hydrogens is 392 g/mol. The fourth-order valence-electron chi connectivity index (χ4n) is 2.72. The lowest BCUT2D eigenvalue weighted by molar-refractivity contribution is -0.148. The van der Waals surface area contributed by atoms with Crippen LogP contribution < -0.4 is 10.6 Å². The Balaban J connectivity index is 1.52. The van der Waals surface area contributed by atoms with Crippen molar-refractivity contribution in [1.29, 1.82) is 0 Å². The van der Waals surface area contributed by atoms with E-state index in [2.05, 4.69) is 10.6 Å². The maximum Gasteiger partial charge on any atom is 0.328 e. The van der Waals surface area contributed by atoms with E-state index in [0.29, 0.717) is 16.3 Å². The van der Waals surface area contributed by atoms with E-state index in [1.165, 1.54) is 6.92 Å². The third-order valence-electron chi connectivity index (χ3n) is 4.22. The Labute approximate surface area is 172 Å². The van der Waals surface area contributed by atoms with Crippen molar-refractivity contribution in [2.24, 2.45) is 0 Å². The van der Waals surface area contributed by atoms with E-state index >= 15 is 0 Å². The minimum Gasteiger partial charge on any atom is -0.454 e. The van der Waals surface area contributed by atoms with Crippen LogP contribution in [-0.4, -0.2) is 30.4 Å². The van der Waals surface area contributed by atoms with Gasteiger partial charge in [0.1, 0.15) is 6.04 Å². The minimum absolute atomic E-state index is 0.364. The van der Waals surface area contributed by atoms with Gasteiger partial charge in [-0.1, -0.05) is 48.0 Å². The molecule has 3 rings (SSSR count). The standard InChI is InChI=1S/C22H19ClN2O4/c1-14(24-21(27)16-9-11-17(23)12-10-16)22(28)29-13-20(26)25-19-8-4-6-15-5-2-3-7-18(15)19/h2-12,14H,13H2,1H3,(H,24,27)(H,25,26)/t14-/m0/s1. The Morgan fingerprint density at radius 2 is 1.66 bits per heavy atom. The van der Waals surface area contributed by atoms with Gasteiger partial charge in [-0.05, 0) is 42.6 Å². The Kier molecular flexibility index (Phi) is 6.46. The number of amides is 2. The summed E-state index contributed by atoms with van der Waals surface area (Å²) >= 11 is 5.79. The molecule has 1 atom stereocenters. The monoisotopic (exact) mass is 410 g/mol. The van der Waals surface area contributed by atoms with Gasteiger partial charge in [-0.3, -0.25) is 9.59 Å². The molecule has 0 aliphatic rings. The number of hydrogen-bond donors (Lipinski definition) is 2. The van der Waals surface area contributed by atoms with Crippen LogP contribution in [0.15, 0.2) is 66.7 Å². The summed E-state index contributed by atoms with van der Waals surface area (Å²) in [5, 5.41) is 7.64. The SMILES string of the molecule is C[C@H](NC(=O)c1ccc(Cl)cc1)C(=O)OCC(=O)Nc1cccc2ccccc12. The molecule has 0 radical (unpaired) electrons. The van der Waals surface area contributed by atoms with Crippen molar-refractivity contribution in [2.75, 3.05) is 11.9 Å². The number of esters is 1. The van der Waals surface area contributed by atoms with Gasteiger partial charge < -0.3 is 15.4 Å². The van der Waals surface area contributed by atoms with Crippen LogP contribution in [0.5, 0.6) is 0 Å². The number of benzene rings is 3. The second-order valence-electron chi connectivity index (χ2n) is 6.38. The molecule has 2 N–H and O–H groups in total. The molecule has 0 saturated carbocycles.